The zero-order valence-corrected chi connectivity index (χ0v) is 18.3. The Morgan fingerprint density at radius 2 is 1.94 bits per heavy atom. The van der Waals surface area contributed by atoms with Gasteiger partial charge in [-0.25, -0.2) is 9.37 Å². The first kappa shape index (κ1) is 22.0. The lowest BCUT2D eigenvalue weighted by Gasteiger charge is -2.10. The summed E-state index contributed by atoms with van der Waals surface area (Å²) in [4.78, 5) is 21.0. The predicted molar refractivity (Wildman–Crippen MR) is 125 cm³/mol. The number of nitrogens with zero attached hydrogens (tertiary/aromatic N) is 3. The van der Waals surface area contributed by atoms with Crippen LogP contribution in [-0.4, -0.2) is 27.6 Å². The van der Waals surface area contributed by atoms with E-state index in [0.29, 0.717) is 17.0 Å². The zero-order valence-electron chi connectivity index (χ0n) is 18.3. The van der Waals surface area contributed by atoms with Crippen molar-refractivity contribution in [3.63, 3.8) is 0 Å². The number of imidazole rings is 1. The lowest BCUT2D eigenvalue weighted by atomic mass is 10.1. The molecule has 4 rings (SSSR count). The zero-order chi connectivity index (χ0) is 23.2. The van der Waals surface area contributed by atoms with Crippen molar-refractivity contribution in [2.75, 3.05) is 7.11 Å². The maximum absolute atomic E-state index is 14.6. The molecule has 4 aromatic rings. The normalized spacial score (nSPS) is 11.3. The van der Waals surface area contributed by atoms with Crippen LogP contribution in [0.1, 0.15) is 17.0 Å². The molecule has 33 heavy (non-hydrogen) atoms. The Bertz CT molecular complexity index is 1300. The van der Waals surface area contributed by atoms with E-state index >= 15 is 0 Å². The number of methoxy groups -OCH3 is 1. The van der Waals surface area contributed by atoms with Crippen molar-refractivity contribution < 1.29 is 13.9 Å². The topological polar surface area (TPSA) is 69.0 Å². The highest BCUT2D eigenvalue weighted by Gasteiger charge is 2.12. The van der Waals surface area contributed by atoms with E-state index in [-0.39, 0.29) is 6.54 Å². The molecule has 6 nitrogen and oxygen atoms in total. The number of hydrogen-bond acceptors (Lipinski definition) is 4. The summed E-state index contributed by atoms with van der Waals surface area (Å²) in [5, 5.41) is 2.58. The molecule has 0 saturated heterocycles. The summed E-state index contributed by atoms with van der Waals surface area (Å²) in [6.45, 7) is 2.00. The molecule has 0 unspecified atom stereocenters. The Kier molecular flexibility index (Phi) is 6.59. The molecule has 0 aliphatic carbocycles. The smallest absolute Gasteiger partial charge is 0.280 e. The number of ether oxygens (including phenoxy) is 1. The van der Waals surface area contributed by atoms with E-state index in [4.69, 9.17) is 4.74 Å². The molecule has 1 N–H and O–H groups in total. The van der Waals surface area contributed by atoms with Gasteiger partial charge in [-0.3, -0.25) is 9.78 Å². The van der Waals surface area contributed by atoms with Gasteiger partial charge in [0.15, 0.2) is 5.83 Å². The summed E-state index contributed by atoms with van der Waals surface area (Å²) in [5.74, 6) is -1.17. The van der Waals surface area contributed by atoms with Crippen molar-refractivity contribution in [2.24, 2.45) is 0 Å². The van der Waals surface area contributed by atoms with Gasteiger partial charge in [0.2, 0.25) is 0 Å². The maximum atomic E-state index is 14.6. The average molecular weight is 442 g/mol. The number of halogens is 1. The van der Waals surface area contributed by atoms with Gasteiger partial charge in [0.05, 0.1) is 42.8 Å². The molecule has 0 aliphatic heterocycles. The number of benzene rings is 2. The molecule has 2 aromatic carbocycles. The van der Waals surface area contributed by atoms with Crippen molar-refractivity contribution in [1.29, 1.82) is 0 Å². The van der Waals surface area contributed by atoms with Crippen molar-refractivity contribution in [1.82, 2.24) is 19.9 Å². The van der Waals surface area contributed by atoms with Gasteiger partial charge in [-0.2, -0.15) is 0 Å². The Morgan fingerprint density at radius 3 is 2.67 bits per heavy atom. The van der Waals surface area contributed by atoms with Crippen LogP contribution in [0.3, 0.4) is 0 Å². The molecule has 2 aromatic heterocycles. The van der Waals surface area contributed by atoms with Gasteiger partial charge in [-0.05, 0) is 42.8 Å². The van der Waals surface area contributed by atoms with Gasteiger partial charge in [0, 0.05) is 11.8 Å². The Hall–Kier alpha value is -4.26. The molecule has 0 aliphatic rings. The Balaban J connectivity index is 1.44. The van der Waals surface area contributed by atoms with E-state index in [1.807, 2.05) is 60.2 Å². The molecule has 0 atom stereocenters. The molecular weight excluding hydrogens is 419 g/mol. The molecule has 0 spiro atoms. The SMILES string of the molecule is COc1cc(/C=C(\F)C(=O)NCc2cccc(-c3ccccc3)n2)ccc1-n1cnc(C)c1. The molecule has 1 amide bonds. The number of rotatable bonds is 7. The second-order valence-electron chi connectivity index (χ2n) is 7.41. The number of carbonyl (C=O) groups excluding carboxylic acids is 1. The number of amides is 1. The van der Waals surface area contributed by atoms with Gasteiger partial charge in [0.25, 0.3) is 5.91 Å². The second-order valence-corrected chi connectivity index (χ2v) is 7.41. The van der Waals surface area contributed by atoms with Crippen LogP contribution < -0.4 is 10.1 Å². The molecule has 0 radical (unpaired) electrons. The van der Waals surface area contributed by atoms with Crippen LogP contribution in [0.5, 0.6) is 5.75 Å². The van der Waals surface area contributed by atoms with Crippen molar-refractivity contribution in [3.8, 4) is 22.7 Å². The van der Waals surface area contributed by atoms with Crippen LogP contribution in [0.4, 0.5) is 4.39 Å². The fourth-order valence-electron chi connectivity index (χ4n) is 3.37. The third-order valence-corrected chi connectivity index (χ3v) is 5.01. The van der Waals surface area contributed by atoms with Gasteiger partial charge in [-0.1, -0.05) is 42.5 Å². The number of pyridine rings is 1. The fraction of sp³-hybridized carbons (Fsp3) is 0.115. The predicted octanol–water partition coefficient (Wildman–Crippen LogP) is 4.88. The van der Waals surface area contributed by atoms with Crippen LogP contribution in [0.15, 0.2) is 85.1 Å². The van der Waals surface area contributed by atoms with E-state index in [0.717, 1.165) is 22.6 Å². The number of nitrogens with one attached hydrogen (secondary N) is 1. The summed E-state index contributed by atoms with van der Waals surface area (Å²) >= 11 is 0. The highest BCUT2D eigenvalue weighted by Crippen LogP contribution is 2.26. The molecular formula is C26H23FN4O2. The van der Waals surface area contributed by atoms with E-state index in [1.165, 1.54) is 13.2 Å². The summed E-state index contributed by atoms with van der Waals surface area (Å²) in [6.07, 6.45) is 4.72. The molecule has 0 saturated carbocycles. The monoisotopic (exact) mass is 442 g/mol. The maximum Gasteiger partial charge on any atom is 0.280 e. The fourth-order valence-corrected chi connectivity index (χ4v) is 3.37. The molecule has 0 fully saturated rings. The number of aromatic nitrogens is 3. The third kappa shape index (κ3) is 5.33. The minimum Gasteiger partial charge on any atom is -0.495 e. The molecule has 0 bridgehead atoms. The van der Waals surface area contributed by atoms with Crippen LogP contribution in [0.25, 0.3) is 23.0 Å². The molecule has 166 valence electrons. The number of carbonyl (C=O) groups is 1. The van der Waals surface area contributed by atoms with Crippen LogP contribution in [-0.2, 0) is 11.3 Å². The van der Waals surface area contributed by atoms with Crippen LogP contribution in [0, 0.1) is 6.92 Å². The average Bonchev–Trinajstić information content (AvgIpc) is 3.29. The number of hydrogen-bond donors (Lipinski definition) is 1. The highest BCUT2D eigenvalue weighted by molar-refractivity contribution is 5.95. The standard InChI is InChI=1S/C26H23FN4O2/c1-18-16-31(17-29-18)24-12-11-19(14-25(24)33-2)13-22(27)26(32)28-15-21-9-6-10-23(30-21)20-7-4-3-5-8-20/h3-14,16-17H,15H2,1-2H3,(H,28,32)/b22-13-. The van der Waals surface area contributed by atoms with Crippen LogP contribution >= 0.6 is 0 Å². The lowest BCUT2D eigenvalue weighted by Crippen LogP contribution is -2.23. The van der Waals surface area contributed by atoms with E-state index in [9.17, 15) is 9.18 Å². The summed E-state index contributed by atoms with van der Waals surface area (Å²) < 4.78 is 21.8. The van der Waals surface area contributed by atoms with E-state index in [2.05, 4.69) is 15.3 Å². The molecule has 7 heteroatoms. The van der Waals surface area contributed by atoms with Gasteiger partial charge >= 0.3 is 0 Å². The Morgan fingerprint density at radius 1 is 1.12 bits per heavy atom. The first-order valence-corrected chi connectivity index (χ1v) is 10.4. The van der Waals surface area contributed by atoms with Crippen molar-refractivity contribution >= 4 is 12.0 Å². The molecule has 2 heterocycles. The lowest BCUT2D eigenvalue weighted by molar-refractivity contribution is -0.118. The van der Waals surface area contributed by atoms with Crippen molar-refractivity contribution in [3.05, 3.63) is 102 Å². The first-order chi connectivity index (χ1) is 16.0. The Labute approximate surface area is 191 Å². The number of aryl methyl sites for hydroxylation is 1. The van der Waals surface area contributed by atoms with E-state index < -0.39 is 11.7 Å². The highest BCUT2D eigenvalue weighted by atomic mass is 19.1. The van der Waals surface area contributed by atoms with Crippen LogP contribution in [0.2, 0.25) is 0 Å². The van der Waals surface area contributed by atoms with Gasteiger partial charge in [0.1, 0.15) is 5.75 Å². The van der Waals surface area contributed by atoms with Crippen molar-refractivity contribution in [2.45, 2.75) is 13.5 Å². The van der Waals surface area contributed by atoms with E-state index in [1.54, 1.807) is 30.6 Å². The quantitative estimate of drug-likeness (QED) is 0.414. The largest absolute Gasteiger partial charge is 0.495 e. The summed E-state index contributed by atoms with van der Waals surface area (Å²) in [5.41, 5.74) is 4.54. The minimum absolute atomic E-state index is 0.114. The van der Waals surface area contributed by atoms with Gasteiger partial charge in [-0.15, -0.1) is 0 Å². The summed E-state index contributed by atoms with van der Waals surface area (Å²) in [6, 6.07) is 20.4. The second kappa shape index (κ2) is 9.91. The summed E-state index contributed by atoms with van der Waals surface area (Å²) in [7, 11) is 1.54. The first-order valence-electron chi connectivity index (χ1n) is 10.4. The minimum atomic E-state index is -0.900. The van der Waals surface area contributed by atoms with Gasteiger partial charge < -0.3 is 14.6 Å². The third-order valence-electron chi connectivity index (χ3n) is 5.01.